The molecule has 1 heterocycles. The van der Waals surface area contributed by atoms with Crippen molar-refractivity contribution in [2.75, 3.05) is 20.1 Å². The van der Waals surface area contributed by atoms with E-state index in [4.69, 9.17) is 18.0 Å². The van der Waals surface area contributed by atoms with Gasteiger partial charge in [0.2, 0.25) is 5.91 Å². The van der Waals surface area contributed by atoms with E-state index in [1.807, 2.05) is 7.05 Å². The van der Waals surface area contributed by atoms with Gasteiger partial charge in [-0.2, -0.15) is 0 Å². The SMILES string of the molecule is CN1CCC(NC(=O)Cc2ccccc2O)(C(N)=S)CC1. The number of rotatable bonds is 4. The molecule has 21 heavy (non-hydrogen) atoms. The Morgan fingerprint density at radius 1 is 1.43 bits per heavy atom. The number of carbonyl (C=O) groups excluding carboxylic acids is 1. The van der Waals surface area contributed by atoms with Gasteiger partial charge in [0.1, 0.15) is 5.75 Å². The van der Waals surface area contributed by atoms with Gasteiger partial charge in [-0.3, -0.25) is 4.79 Å². The maximum absolute atomic E-state index is 12.3. The molecular weight excluding hydrogens is 286 g/mol. The summed E-state index contributed by atoms with van der Waals surface area (Å²) in [4.78, 5) is 14.8. The zero-order valence-corrected chi connectivity index (χ0v) is 12.9. The standard InChI is InChI=1S/C15H21N3O2S/c1-18-8-6-15(7-9-18,14(16)21)17-13(20)10-11-4-2-3-5-12(11)19/h2-5,19H,6-10H2,1H3,(H2,16,21)(H,17,20). The quantitative estimate of drug-likeness (QED) is 0.717. The second-order valence-electron chi connectivity index (χ2n) is 5.60. The molecule has 1 aliphatic heterocycles. The number of phenols is 1. The molecule has 1 amide bonds. The fraction of sp³-hybridized carbons (Fsp3) is 0.467. The minimum Gasteiger partial charge on any atom is -0.508 e. The Hall–Kier alpha value is -1.66. The van der Waals surface area contributed by atoms with Crippen molar-refractivity contribution in [2.45, 2.75) is 24.8 Å². The zero-order valence-electron chi connectivity index (χ0n) is 12.1. The fourth-order valence-electron chi connectivity index (χ4n) is 2.58. The summed E-state index contributed by atoms with van der Waals surface area (Å²) in [6.45, 7) is 1.68. The number of hydrogen-bond donors (Lipinski definition) is 3. The number of amides is 1. The van der Waals surface area contributed by atoms with Crippen LogP contribution in [0.15, 0.2) is 24.3 Å². The van der Waals surface area contributed by atoms with E-state index in [2.05, 4.69) is 10.2 Å². The van der Waals surface area contributed by atoms with Gasteiger partial charge in [0, 0.05) is 18.7 Å². The summed E-state index contributed by atoms with van der Waals surface area (Å²) in [6.07, 6.45) is 1.55. The Kier molecular flexibility index (Phi) is 4.80. The third kappa shape index (κ3) is 3.71. The summed E-state index contributed by atoms with van der Waals surface area (Å²) in [5.74, 6) is -0.0470. The van der Waals surface area contributed by atoms with Crippen LogP contribution in [0.4, 0.5) is 0 Å². The predicted molar refractivity (Wildman–Crippen MR) is 86.2 cm³/mol. The van der Waals surface area contributed by atoms with Crippen LogP contribution in [0.3, 0.4) is 0 Å². The fourth-order valence-corrected chi connectivity index (χ4v) is 2.83. The maximum Gasteiger partial charge on any atom is 0.225 e. The van der Waals surface area contributed by atoms with Crippen LogP contribution < -0.4 is 11.1 Å². The van der Waals surface area contributed by atoms with Crippen LogP contribution in [-0.2, 0) is 11.2 Å². The van der Waals surface area contributed by atoms with E-state index < -0.39 is 5.54 Å². The van der Waals surface area contributed by atoms with Crippen LogP contribution in [0.1, 0.15) is 18.4 Å². The van der Waals surface area contributed by atoms with E-state index in [1.165, 1.54) is 0 Å². The average molecular weight is 307 g/mol. The lowest BCUT2D eigenvalue weighted by molar-refractivity contribution is -0.122. The van der Waals surface area contributed by atoms with E-state index >= 15 is 0 Å². The molecule has 0 spiro atoms. The van der Waals surface area contributed by atoms with Crippen molar-refractivity contribution in [2.24, 2.45) is 5.73 Å². The first-order valence-electron chi connectivity index (χ1n) is 6.99. The van der Waals surface area contributed by atoms with Crippen molar-refractivity contribution in [3.05, 3.63) is 29.8 Å². The zero-order chi connectivity index (χ0) is 15.5. The molecule has 1 aromatic rings. The average Bonchev–Trinajstić information content (AvgIpc) is 2.44. The molecule has 1 fully saturated rings. The van der Waals surface area contributed by atoms with Gasteiger partial charge in [0.15, 0.2) is 0 Å². The number of phenolic OH excluding ortho intramolecular Hbond substituents is 1. The van der Waals surface area contributed by atoms with E-state index in [-0.39, 0.29) is 18.1 Å². The number of benzene rings is 1. The molecule has 6 heteroatoms. The number of carbonyl (C=O) groups is 1. The Balaban J connectivity index is 2.06. The molecule has 0 aromatic heterocycles. The Labute approximate surface area is 130 Å². The highest BCUT2D eigenvalue weighted by molar-refractivity contribution is 7.80. The molecule has 1 saturated heterocycles. The van der Waals surface area contributed by atoms with Crippen molar-refractivity contribution in [1.82, 2.24) is 10.2 Å². The molecule has 0 aliphatic carbocycles. The van der Waals surface area contributed by atoms with E-state index in [1.54, 1.807) is 24.3 Å². The van der Waals surface area contributed by atoms with Gasteiger partial charge in [-0.1, -0.05) is 30.4 Å². The Morgan fingerprint density at radius 2 is 2.05 bits per heavy atom. The van der Waals surface area contributed by atoms with E-state index in [0.717, 1.165) is 13.1 Å². The van der Waals surface area contributed by atoms with Crippen LogP contribution in [0.5, 0.6) is 5.75 Å². The molecule has 0 unspecified atom stereocenters. The molecule has 0 atom stereocenters. The first-order valence-corrected chi connectivity index (χ1v) is 7.40. The number of nitrogens with one attached hydrogen (secondary N) is 1. The van der Waals surface area contributed by atoms with E-state index in [0.29, 0.717) is 23.4 Å². The minimum atomic E-state index is -0.608. The number of aromatic hydroxyl groups is 1. The van der Waals surface area contributed by atoms with Gasteiger partial charge in [-0.25, -0.2) is 0 Å². The van der Waals surface area contributed by atoms with Gasteiger partial charge in [-0.15, -0.1) is 0 Å². The van der Waals surface area contributed by atoms with Crippen molar-refractivity contribution in [1.29, 1.82) is 0 Å². The van der Waals surface area contributed by atoms with Gasteiger partial charge in [-0.05, 0) is 26.0 Å². The number of likely N-dealkylation sites (tertiary alicyclic amines) is 1. The smallest absolute Gasteiger partial charge is 0.225 e. The number of thiocarbonyl (C=S) groups is 1. The molecule has 114 valence electrons. The number of nitrogens with two attached hydrogens (primary N) is 1. The maximum atomic E-state index is 12.3. The van der Waals surface area contributed by atoms with Crippen LogP contribution in [-0.4, -0.2) is 46.6 Å². The summed E-state index contributed by atoms with van der Waals surface area (Å²) in [7, 11) is 2.04. The molecular formula is C15H21N3O2S. The largest absolute Gasteiger partial charge is 0.508 e. The summed E-state index contributed by atoms with van der Waals surface area (Å²) in [5, 5.41) is 12.7. The van der Waals surface area contributed by atoms with Crippen LogP contribution >= 0.6 is 12.2 Å². The van der Waals surface area contributed by atoms with Gasteiger partial charge < -0.3 is 21.1 Å². The molecule has 0 radical (unpaired) electrons. The van der Waals surface area contributed by atoms with E-state index in [9.17, 15) is 9.90 Å². The van der Waals surface area contributed by atoms with Crippen molar-refractivity contribution < 1.29 is 9.90 Å². The Bertz CT molecular complexity index is 539. The third-order valence-corrected chi connectivity index (χ3v) is 4.42. The highest BCUT2D eigenvalue weighted by atomic mass is 32.1. The highest BCUT2D eigenvalue weighted by Gasteiger charge is 2.37. The van der Waals surface area contributed by atoms with Crippen LogP contribution in [0.2, 0.25) is 0 Å². The van der Waals surface area contributed by atoms with Crippen LogP contribution in [0, 0.1) is 0 Å². The Morgan fingerprint density at radius 3 is 2.62 bits per heavy atom. The second kappa shape index (κ2) is 6.41. The number of para-hydroxylation sites is 1. The first-order chi connectivity index (χ1) is 9.93. The molecule has 1 aromatic carbocycles. The third-order valence-electron chi connectivity index (χ3n) is 4.03. The molecule has 2 rings (SSSR count). The predicted octanol–water partition coefficient (Wildman–Crippen LogP) is 0.801. The van der Waals surface area contributed by atoms with Gasteiger partial charge in [0.25, 0.3) is 0 Å². The minimum absolute atomic E-state index is 0.118. The monoisotopic (exact) mass is 307 g/mol. The van der Waals surface area contributed by atoms with Crippen LogP contribution in [0.25, 0.3) is 0 Å². The number of piperidine rings is 1. The molecule has 4 N–H and O–H groups in total. The lowest BCUT2D eigenvalue weighted by Gasteiger charge is -2.40. The summed E-state index contributed by atoms with van der Waals surface area (Å²) < 4.78 is 0. The van der Waals surface area contributed by atoms with Crippen molar-refractivity contribution in [3.63, 3.8) is 0 Å². The van der Waals surface area contributed by atoms with Gasteiger partial charge in [0.05, 0.1) is 16.9 Å². The number of hydrogen-bond acceptors (Lipinski definition) is 4. The topological polar surface area (TPSA) is 78.6 Å². The molecule has 1 aliphatic rings. The number of nitrogens with zero attached hydrogens (tertiary/aromatic N) is 1. The highest BCUT2D eigenvalue weighted by Crippen LogP contribution is 2.23. The normalized spacial score (nSPS) is 18.1. The molecule has 5 nitrogen and oxygen atoms in total. The first kappa shape index (κ1) is 15.7. The second-order valence-corrected chi connectivity index (χ2v) is 6.04. The lowest BCUT2D eigenvalue weighted by atomic mass is 9.87. The van der Waals surface area contributed by atoms with Gasteiger partial charge >= 0.3 is 0 Å². The molecule has 0 saturated carbocycles. The molecule has 0 bridgehead atoms. The van der Waals surface area contributed by atoms with Crippen molar-refractivity contribution >= 4 is 23.1 Å². The summed E-state index contributed by atoms with van der Waals surface area (Å²) >= 11 is 5.17. The lowest BCUT2D eigenvalue weighted by Crippen LogP contribution is -2.61. The summed E-state index contributed by atoms with van der Waals surface area (Å²) in [5.41, 5.74) is 5.86. The van der Waals surface area contributed by atoms with Crippen molar-refractivity contribution in [3.8, 4) is 5.75 Å². The summed E-state index contributed by atoms with van der Waals surface area (Å²) in [6, 6.07) is 6.82.